The van der Waals surface area contributed by atoms with E-state index in [1.165, 1.54) is 34.1 Å². The summed E-state index contributed by atoms with van der Waals surface area (Å²) in [5, 5.41) is 12.3. The Labute approximate surface area is 241 Å². The van der Waals surface area contributed by atoms with Gasteiger partial charge in [0.25, 0.3) is 0 Å². The first-order valence-corrected chi connectivity index (χ1v) is 13.4. The van der Waals surface area contributed by atoms with Crippen LogP contribution in [0.3, 0.4) is 0 Å². The van der Waals surface area contributed by atoms with Gasteiger partial charge in [-0.3, -0.25) is 9.59 Å². The molecule has 0 amide bonds. The summed E-state index contributed by atoms with van der Waals surface area (Å²) in [5.41, 5.74) is -2.31. The molecule has 0 unspecified atom stereocenters. The Kier molecular flexibility index (Phi) is 6.45. The average molecular weight is 579 g/mol. The Bertz CT molecular complexity index is 1550. The van der Waals surface area contributed by atoms with Crippen LogP contribution in [0.2, 0.25) is 0 Å². The van der Waals surface area contributed by atoms with Gasteiger partial charge in [0.1, 0.15) is 23.7 Å². The molecule has 2 aromatic carbocycles. The molecule has 6 rings (SSSR count). The van der Waals surface area contributed by atoms with Crippen LogP contribution in [-0.4, -0.2) is 62.2 Å². The van der Waals surface area contributed by atoms with Crippen LogP contribution in [0, 0.1) is 5.92 Å². The number of benzene rings is 2. The second-order valence-corrected chi connectivity index (χ2v) is 10.8. The maximum Gasteiger partial charge on any atom is 0.338 e. The largest absolute Gasteiger partial charge is 0.493 e. The van der Waals surface area contributed by atoms with E-state index in [0.29, 0.717) is 16.9 Å². The van der Waals surface area contributed by atoms with Crippen LogP contribution in [0.4, 0.5) is 0 Å². The third kappa shape index (κ3) is 3.79. The molecule has 1 spiro atoms. The van der Waals surface area contributed by atoms with Gasteiger partial charge in [-0.05, 0) is 36.8 Å². The Morgan fingerprint density at radius 2 is 1.76 bits per heavy atom. The standard InChI is InChI=1S/C31H30O11/c1-15-23(42-29(34)17-9-7-6-8-10-17)18-11-21-24(40-14-39-21)26-22(18)31(13-38-26)19(28(30(15,3)35)41-16(2)32)12-20(36-4)25(37-5)27(31)33/h6-12,15,23,28,35H,13-14H2,1-5H3/t15-,23+,28-,30+,31-/m0/s1. The molecule has 2 heterocycles. The van der Waals surface area contributed by atoms with E-state index >= 15 is 0 Å². The molecule has 2 aromatic rings. The molecule has 0 aromatic heterocycles. The molecule has 4 aliphatic rings. The fourth-order valence-corrected chi connectivity index (χ4v) is 6.31. The number of rotatable bonds is 5. The van der Waals surface area contributed by atoms with Gasteiger partial charge in [0, 0.05) is 24.0 Å². The van der Waals surface area contributed by atoms with Crippen LogP contribution in [0.5, 0.6) is 17.2 Å². The molecule has 11 heteroatoms. The molecule has 11 nitrogen and oxygen atoms in total. The normalized spacial score (nSPS) is 28.9. The number of Topliss-reactive ketones (excluding diaryl/α,β-unsaturated/α-hetero) is 1. The second kappa shape index (κ2) is 9.80. The van der Waals surface area contributed by atoms with Gasteiger partial charge in [0.05, 0.1) is 19.8 Å². The van der Waals surface area contributed by atoms with E-state index in [1.54, 1.807) is 43.3 Å². The molecule has 42 heavy (non-hydrogen) atoms. The Hall–Kier alpha value is -4.51. The lowest BCUT2D eigenvalue weighted by atomic mass is 9.59. The average Bonchev–Trinajstić information content (AvgIpc) is 3.61. The zero-order valence-electron chi connectivity index (χ0n) is 23.7. The highest BCUT2D eigenvalue weighted by Crippen LogP contribution is 2.62. The number of hydrogen-bond acceptors (Lipinski definition) is 11. The van der Waals surface area contributed by atoms with Gasteiger partial charge in [-0.2, -0.15) is 0 Å². The van der Waals surface area contributed by atoms with E-state index in [2.05, 4.69) is 0 Å². The number of carbonyl (C=O) groups excluding carboxylic acids is 3. The summed E-state index contributed by atoms with van der Waals surface area (Å²) in [6.45, 7) is 4.03. The summed E-state index contributed by atoms with van der Waals surface area (Å²) in [6, 6.07) is 10.0. The lowest BCUT2D eigenvalue weighted by Gasteiger charge is -2.48. The number of aliphatic hydroxyl groups is 1. The van der Waals surface area contributed by atoms with E-state index in [-0.39, 0.29) is 47.6 Å². The molecule has 2 aliphatic heterocycles. The summed E-state index contributed by atoms with van der Waals surface area (Å²) in [7, 11) is 2.72. The summed E-state index contributed by atoms with van der Waals surface area (Å²) in [4.78, 5) is 40.6. The molecule has 0 fully saturated rings. The van der Waals surface area contributed by atoms with Crippen molar-refractivity contribution in [2.45, 2.75) is 44.0 Å². The Morgan fingerprint density at radius 3 is 2.43 bits per heavy atom. The predicted octanol–water partition coefficient (Wildman–Crippen LogP) is 3.29. The van der Waals surface area contributed by atoms with Crippen molar-refractivity contribution in [3.8, 4) is 17.2 Å². The van der Waals surface area contributed by atoms with Crippen LogP contribution in [0.15, 0.2) is 59.6 Å². The van der Waals surface area contributed by atoms with Crippen LogP contribution >= 0.6 is 0 Å². The predicted molar refractivity (Wildman–Crippen MR) is 144 cm³/mol. The molecule has 220 valence electrons. The smallest absolute Gasteiger partial charge is 0.338 e. The van der Waals surface area contributed by atoms with Gasteiger partial charge >= 0.3 is 11.9 Å². The number of carbonyl (C=O) groups is 3. The first kappa shape index (κ1) is 27.6. The number of ether oxygens (including phenoxy) is 7. The van der Waals surface area contributed by atoms with Crippen molar-refractivity contribution >= 4 is 17.7 Å². The zero-order valence-corrected chi connectivity index (χ0v) is 23.7. The van der Waals surface area contributed by atoms with E-state index in [1.807, 2.05) is 0 Å². The fraction of sp³-hybridized carbons (Fsp3) is 0.387. The highest BCUT2D eigenvalue weighted by molar-refractivity contribution is 6.09. The minimum absolute atomic E-state index is 0.0889. The summed E-state index contributed by atoms with van der Waals surface area (Å²) < 4.78 is 40.6. The molecule has 0 radical (unpaired) electrons. The number of ketones is 1. The number of allylic oxidation sites excluding steroid dienone is 2. The van der Waals surface area contributed by atoms with Crippen LogP contribution < -0.4 is 14.2 Å². The van der Waals surface area contributed by atoms with Crippen molar-refractivity contribution in [1.82, 2.24) is 0 Å². The second-order valence-electron chi connectivity index (χ2n) is 10.8. The van der Waals surface area contributed by atoms with E-state index < -0.39 is 46.9 Å². The minimum Gasteiger partial charge on any atom is -0.493 e. The maximum absolute atomic E-state index is 14.6. The van der Waals surface area contributed by atoms with Crippen molar-refractivity contribution in [3.63, 3.8) is 0 Å². The summed E-state index contributed by atoms with van der Waals surface area (Å²) in [6.07, 6.45) is -0.998. The van der Waals surface area contributed by atoms with Crippen molar-refractivity contribution in [2.75, 3.05) is 27.6 Å². The van der Waals surface area contributed by atoms with Crippen LogP contribution in [-0.2, 0) is 34.0 Å². The first-order chi connectivity index (χ1) is 20.1. The van der Waals surface area contributed by atoms with Gasteiger partial charge in [0.2, 0.25) is 24.1 Å². The Morgan fingerprint density at radius 1 is 1.02 bits per heavy atom. The molecule has 1 N–H and O–H groups in total. The summed E-state index contributed by atoms with van der Waals surface area (Å²) >= 11 is 0. The first-order valence-electron chi connectivity index (χ1n) is 13.4. The lowest BCUT2D eigenvalue weighted by Crippen LogP contribution is -2.58. The lowest BCUT2D eigenvalue weighted by molar-refractivity contribution is -0.171. The van der Waals surface area contributed by atoms with Gasteiger partial charge in [-0.25, -0.2) is 4.79 Å². The van der Waals surface area contributed by atoms with E-state index in [4.69, 9.17) is 33.2 Å². The highest BCUT2D eigenvalue weighted by atomic mass is 16.7. The number of hydrogen-bond donors (Lipinski definition) is 1. The monoisotopic (exact) mass is 578 g/mol. The quantitative estimate of drug-likeness (QED) is 0.524. The third-order valence-electron chi connectivity index (χ3n) is 8.55. The molecule has 0 saturated heterocycles. The van der Waals surface area contributed by atoms with Gasteiger partial charge in [-0.15, -0.1) is 0 Å². The van der Waals surface area contributed by atoms with Crippen LogP contribution in [0.1, 0.15) is 48.4 Å². The van der Waals surface area contributed by atoms with Crippen molar-refractivity contribution in [3.05, 3.63) is 76.3 Å². The van der Waals surface area contributed by atoms with Crippen molar-refractivity contribution < 1.29 is 52.6 Å². The van der Waals surface area contributed by atoms with E-state index in [9.17, 15) is 19.5 Å². The van der Waals surface area contributed by atoms with Gasteiger partial charge < -0.3 is 38.3 Å². The zero-order chi connectivity index (χ0) is 30.0. The number of methoxy groups -OCH3 is 2. The molecule has 0 saturated carbocycles. The SMILES string of the molecule is COC1=C(OC)C(=O)[C@]23COc4c5c(cc(c42)[C@H](OC(=O)c2ccccc2)[C@H](C)[C@@](C)(O)[C@@H](OC(C)=O)C3=C1)OCO5. The molecular formula is C31H30O11. The van der Waals surface area contributed by atoms with E-state index in [0.717, 1.165) is 0 Å². The number of fused-ring (bicyclic) bond motifs is 2. The van der Waals surface area contributed by atoms with Crippen molar-refractivity contribution in [2.24, 2.45) is 5.92 Å². The minimum atomic E-state index is -1.88. The maximum atomic E-state index is 14.6. The fourth-order valence-electron chi connectivity index (χ4n) is 6.31. The topological polar surface area (TPSA) is 136 Å². The molecule has 5 atom stereocenters. The number of esters is 2. The summed E-state index contributed by atoms with van der Waals surface area (Å²) in [5.74, 6) is -1.94. The molecular weight excluding hydrogens is 548 g/mol. The van der Waals surface area contributed by atoms with Crippen LogP contribution in [0.25, 0.3) is 0 Å². The molecule has 0 bridgehead atoms. The van der Waals surface area contributed by atoms with Gasteiger partial charge in [0.15, 0.2) is 23.4 Å². The van der Waals surface area contributed by atoms with Crippen molar-refractivity contribution in [1.29, 1.82) is 0 Å². The van der Waals surface area contributed by atoms with Gasteiger partial charge in [-0.1, -0.05) is 25.1 Å². The molecule has 2 aliphatic carbocycles. The highest BCUT2D eigenvalue weighted by Gasteiger charge is 2.64. The Balaban J connectivity index is 1.68. The third-order valence-corrected chi connectivity index (χ3v) is 8.55.